The minimum atomic E-state index is -0.172. The highest BCUT2D eigenvalue weighted by Gasteiger charge is 2.15. The minimum Gasteiger partial charge on any atom is -0.338 e. The van der Waals surface area contributed by atoms with Crippen LogP contribution < -0.4 is 5.56 Å². The Morgan fingerprint density at radius 2 is 1.93 bits per heavy atom. The number of rotatable bonds is 4. The summed E-state index contributed by atoms with van der Waals surface area (Å²) in [5.74, 6) is 1.41. The monoisotopic (exact) mass is 375 g/mol. The fourth-order valence-corrected chi connectivity index (χ4v) is 3.50. The second kappa shape index (κ2) is 7.05. The predicted octanol–water partition coefficient (Wildman–Crippen LogP) is 3.24. The van der Waals surface area contributed by atoms with Crippen molar-refractivity contribution in [1.29, 1.82) is 5.26 Å². The molecule has 0 unspecified atom stereocenters. The van der Waals surface area contributed by atoms with Crippen molar-refractivity contribution in [1.82, 2.24) is 19.7 Å². The number of aromatic nitrogens is 4. The summed E-state index contributed by atoms with van der Waals surface area (Å²) in [5.41, 5.74) is 1.61. The molecule has 27 heavy (non-hydrogen) atoms. The van der Waals surface area contributed by atoms with Gasteiger partial charge in [-0.25, -0.2) is 4.98 Å². The van der Waals surface area contributed by atoms with Crippen LogP contribution in [0.4, 0.5) is 0 Å². The summed E-state index contributed by atoms with van der Waals surface area (Å²) in [6, 6.07) is 16.1. The molecule has 0 saturated carbocycles. The maximum atomic E-state index is 13.1. The maximum Gasteiger partial charge on any atom is 0.266 e. The number of hydrogen-bond donors (Lipinski definition) is 0. The standard InChI is InChI=1S/C19H13N5O2S/c1-12-21-17(26-23-12)11-27-19-22-16-5-3-2-4-15(16)18(25)24(19)14-8-6-13(10-20)7-9-14/h2-9H,11H2,1H3. The fraction of sp³-hybridized carbons (Fsp3) is 0.105. The Hall–Kier alpha value is -3.44. The number of aryl methyl sites for hydroxylation is 1. The van der Waals surface area contributed by atoms with Crippen LogP contribution in [0.15, 0.2) is 63.0 Å². The maximum absolute atomic E-state index is 13.1. The number of para-hydroxylation sites is 1. The number of hydrogen-bond acceptors (Lipinski definition) is 7. The molecule has 2 heterocycles. The van der Waals surface area contributed by atoms with Gasteiger partial charge in [0, 0.05) is 0 Å². The highest BCUT2D eigenvalue weighted by Crippen LogP contribution is 2.24. The molecule has 2 aromatic heterocycles. The van der Waals surface area contributed by atoms with Gasteiger partial charge in [0.15, 0.2) is 11.0 Å². The van der Waals surface area contributed by atoms with Gasteiger partial charge in [0.1, 0.15) is 0 Å². The second-order valence-corrected chi connectivity index (χ2v) is 6.68. The van der Waals surface area contributed by atoms with E-state index in [9.17, 15) is 4.79 Å². The third-order valence-electron chi connectivity index (χ3n) is 3.89. The fourth-order valence-electron chi connectivity index (χ4n) is 2.65. The van der Waals surface area contributed by atoms with Crippen LogP contribution in [0.25, 0.3) is 16.6 Å². The first-order valence-corrected chi connectivity index (χ1v) is 9.08. The predicted molar refractivity (Wildman–Crippen MR) is 101 cm³/mol. The Balaban J connectivity index is 1.84. The molecule has 0 atom stereocenters. The molecule has 7 nitrogen and oxygen atoms in total. The van der Waals surface area contributed by atoms with Crippen LogP contribution in [-0.2, 0) is 5.75 Å². The Labute approximate surface area is 158 Å². The van der Waals surface area contributed by atoms with Crippen LogP contribution in [0, 0.1) is 18.3 Å². The first kappa shape index (κ1) is 17.0. The molecule has 0 spiro atoms. The molecule has 0 bridgehead atoms. The molecule has 0 aliphatic rings. The molecule has 0 fully saturated rings. The molecule has 0 N–H and O–H groups in total. The van der Waals surface area contributed by atoms with Gasteiger partial charge < -0.3 is 4.52 Å². The van der Waals surface area contributed by atoms with E-state index in [0.29, 0.717) is 44.8 Å². The van der Waals surface area contributed by atoms with Crippen molar-refractivity contribution in [2.75, 3.05) is 0 Å². The van der Waals surface area contributed by atoms with E-state index in [1.807, 2.05) is 12.1 Å². The minimum absolute atomic E-state index is 0.172. The van der Waals surface area contributed by atoms with Gasteiger partial charge in [-0.2, -0.15) is 10.2 Å². The SMILES string of the molecule is Cc1noc(CSc2nc3ccccc3c(=O)n2-c2ccc(C#N)cc2)n1. The molecule has 0 aliphatic heterocycles. The van der Waals surface area contributed by atoms with E-state index in [-0.39, 0.29) is 5.56 Å². The van der Waals surface area contributed by atoms with Crippen molar-refractivity contribution in [3.05, 3.63) is 76.2 Å². The molecule has 4 rings (SSSR count). The zero-order chi connectivity index (χ0) is 18.8. The molecule has 2 aromatic carbocycles. The smallest absolute Gasteiger partial charge is 0.266 e. The van der Waals surface area contributed by atoms with E-state index in [2.05, 4.69) is 21.2 Å². The van der Waals surface area contributed by atoms with Gasteiger partial charge in [-0.1, -0.05) is 29.1 Å². The van der Waals surface area contributed by atoms with Crippen molar-refractivity contribution in [3.8, 4) is 11.8 Å². The molecule has 0 radical (unpaired) electrons. The van der Waals surface area contributed by atoms with E-state index >= 15 is 0 Å². The average molecular weight is 375 g/mol. The quantitative estimate of drug-likeness (QED) is 0.399. The van der Waals surface area contributed by atoms with Crippen LogP contribution in [0.5, 0.6) is 0 Å². The summed E-state index contributed by atoms with van der Waals surface area (Å²) in [5, 5.41) is 13.8. The average Bonchev–Trinajstić information content (AvgIpc) is 3.12. The van der Waals surface area contributed by atoms with Gasteiger partial charge >= 0.3 is 0 Å². The molecule has 0 saturated heterocycles. The van der Waals surface area contributed by atoms with E-state index in [4.69, 9.17) is 9.78 Å². The van der Waals surface area contributed by atoms with Crippen molar-refractivity contribution in [3.63, 3.8) is 0 Å². The van der Waals surface area contributed by atoms with Crippen LogP contribution in [0.3, 0.4) is 0 Å². The zero-order valence-corrected chi connectivity index (χ0v) is 15.1. The number of nitriles is 1. The number of benzene rings is 2. The largest absolute Gasteiger partial charge is 0.338 e. The first-order valence-electron chi connectivity index (χ1n) is 8.10. The highest BCUT2D eigenvalue weighted by molar-refractivity contribution is 7.98. The van der Waals surface area contributed by atoms with Gasteiger partial charge in [-0.05, 0) is 43.3 Å². The molecule has 4 aromatic rings. The Kier molecular flexibility index (Phi) is 4.44. The van der Waals surface area contributed by atoms with Crippen molar-refractivity contribution in [2.45, 2.75) is 17.8 Å². The van der Waals surface area contributed by atoms with Crippen molar-refractivity contribution in [2.24, 2.45) is 0 Å². The molecular formula is C19H13N5O2S. The summed E-state index contributed by atoms with van der Waals surface area (Å²) in [4.78, 5) is 21.9. The molecule has 8 heteroatoms. The lowest BCUT2D eigenvalue weighted by atomic mass is 10.2. The Morgan fingerprint density at radius 3 is 2.63 bits per heavy atom. The second-order valence-electron chi connectivity index (χ2n) is 5.73. The van der Waals surface area contributed by atoms with E-state index in [1.54, 1.807) is 43.3 Å². The third kappa shape index (κ3) is 3.32. The molecular weight excluding hydrogens is 362 g/mol. The lowest BCUT2D eigenvalue weighted by molar-refractivity contribution is 0.387. The number of thioether (sulfide) groups is 1. The van der Waals surface area contributed by atoms with Gasteiger partial charge in [0.2, 0.25) is 5.89 Å². The lowest BCUT2D eigenvalue weighted by Gasteiger charge is -2.12. The van der Waals surface area contributed by atoms with Gasteiger partial charge in [-0.3, -0.25) is 9.36 Å². The summed E-state index contributed by atoms with van der Waals surface area (Å²) < 4.78 is 6.69. The molecule has 132 valence electrons. The van der Waals surface area contributed by atoms with Gasteiger partial charge in [0.05, 0.1) is 34.0 Å². The molecule has 0 aliphatic carbocycles. The third-order valence-corrected chi connectivity index (χ3v) is 4.82. The van der Waals surface area contributed by atoms with Crippen LogP contribution in [-0.4, -0.2) is 19.7 Å². The van der Waals surface area contributed by atoms with Gasteiger partial charge in [-0.15, -0.1) is 0 Å². The summed E-state index contributed by atoms with van der Waals surface area (Å²) >= 11 is 1.34. The van der Waals surface area contributed by atoms with Crippen molar-refractivity contribution >= 4 is 22.7 Å². The van der Waals surface area contributed by atoms with Crippen LogP contribution in [0.2, 0.25) is 0 Å². The first-order chi connectivity index (χ1) is 13.2. The summed E-state index contributed by atoms with van der Waals surface area (Å²) in [6.07, 6.45) is 0. The van der Waals surface area contributed by atoms with E-state index < -0.39 is 0 Å². The summed E-state index contributed by atoms with van der Waals surface area (Å²) in [6.45, 7) is 1.75. The zero-order valence-electron chi connectivity index (χ0n) is 14.3. The molecule has 0 amide bonds. The summed E-state index contributed by atoms with van der Waals surface area (Å²) in [7, 11) is 0. The van der Waals surface area contributed by atoms with Gasteiger partial charge in [0.25, 0.3) is 5.56 Å². The topological polar surface area (TPSA) is 97.6 Å². The van der Waals surface area contributed by atoms with E-state index in [0.717, 1.165) is 0 Å². The van der Waals surface area contributed by atoms with Crippen LogP contribution >= 0.6 is 11.8 Å². The van der Waals surface area contributed by atoms with Crippen molar-refractivity contribution < 1.29 is 4.52 Å². The van der Waals surface area contributed by atoms with Crippen LogP contribution in [0.1, 0.15) is 17.3 Å². The lowest BCUT2D eigenvalue weighted by Crippen LogP contribution is -2.21. The van der Waals surface area contributed by atoms with E-state index in [1.165, 1.54) is 16.3 Å². The highest BCUT2D eigenvalue weighted by atomic mass is 32.2. The number of nitrogens with zero attached hydrogens (tertiary/aromatic N) is 5. The normalized spacial score (nSPS) is 10.8. The Bertz CT molecular complexity index is 1220. The number of fused-ring (bicyclic) bond motifs is 1. The Morgan fingerprint density at radius 1 is 1.15 bits per heavy atom.